The predicted octanol–water partition coefficient (Wildman–Crippen LogP) is 2.57. The largest absolute Gasteiger partial charge is 0.478 e. The molecule has 124 valence electrons. The van der Waals surface area contributed by atoms with Gasteiger partial charge in [-0.1, -0.05) is 30.3 Å². The predicted molar refractivity (Wildman–Crippen MR) is 90.3 cm³/mol. The molecule has 24 heavy (non-hydrogen) atoms. The summed E-state index contributed by atoms with van der Waals surface area (Å²) in [5, 5.41) is 21.2. The zero-order chi connectivity index (χ0) is 17.6. The van der Waals surface area contributed by atoms with Crippen LogP contribution in [0.3, 0.4) is 0 Å². The molecule has 0 aliphatic carbocycles. The molecule has 0 heterocycles. The van der Waals surface area contributed by atoms with E-state index < -0.39 is 11.6 Å². The van der Waals surface area contributed by atoms with E-state index in [1.165, 1.54) is 0 Å². The Morgan fingerprint density at radius 1 is 1.21 bits per heavy atom. The molecular formula is C19H20N2O3. The van der Waals surface area contributed by atoms with E-state index in [4.69, 9.17) is 10.00 Å². The number of hydrogen-bond acceptors (Lipinski definition) is 4. The van der Waals surface area contributed by atoms with Crippen molar-refractivity contribution in [2.45, 2.75) is 25.5 Å². The Bertz CT molecular complexity index is 719. The summed E-state index contributed by atoms with van der Waals surface area (Å²) in [4.78, 5) is 12.5. The molecule has 0 unspecified atom stereocenters. The van der Waals surface area contributed by atoms with Crippen molar-refractivity contribution < 1.29 is 14.6 Å². The van der Waals surface area contributed by atoms with Gasteiger partial charge in [-0.05, 0) is 43.7 Å². The van der Waals surface area contributed by atoms with Crippen LogP contribution in [0, 0.1) is 11.3 Å². The zero-order valence-electron chi connectivity index (χ0n) is 13.7. The van der Waals surface area contributed by atoms with Crippen LogP contribution in [0.15, 0.2) is 54.6 Å². The molecule has 2 aromatic rings. The molecule has 0 bridgehead atoms. The second-order valence-electron chi connectivity index (χ2n) is 5.87. The number of aliphatic hydroxyl groups is 1. The fraction of sp³-hybridized carbons (Fsp3) is 0.263. The number of aliphatic hydroxyl groups excluding tert-OH is 1. The van der Waals surface area contributed by atoms with Gasteiger partial charge in [0.15, 0.2) is 5.60 Å². The van der Waals surface area contributed by atoms with Crippen LogP contribution in [0.25, 0.3) is 0 Å². The molecule has 5 heteroatoms. The average molecular weight is 324 g/mol. The molecule has 0 fully saturated rings. The lowest BCUT2D eigenvalue weighted by Gasteiger charge is -2.28. The first-order valence-electron chi connectivity index (χ1n) is 7.62. The first kappa shape index (κ1) is 17.5. The van der Waals surface area contributed by atoms with Gasteiger partial charge in [-0.15, -0.1) is 0 Å². The number of rotatable bonds is 6. The van der Waals surface area contributed by atoms with Crippen molar-refractivity contribution in [3.05, 3.63) is 65.7 Å². The van der Waals surface area contributed by atoms with Gasteiger partial charge in [0.25, 0.3) is 5.91 Å². The summed E-state index contributed by atoms with van der Waals surface area (Å²) in [5.41, 5.74) is 0.215. The van der Waals surface area contributed by atoms with Crippen molar-refractivity contribution >= 4 is 5.91 Å². The van der Waals surface area contributed by atoms with Gasteiger partial charge in [-0.25, -0.2) is 0 Å². The van der Waals surface area contributed by atoms with E-state index in [9.17, 15) is 9.90 Å². The van der Waals surface area contributed by atoms with Crippen molar-refractivity contribution in [3.8, 4) is 11.8 Å². The summed E-state index contributed by atoms with van der Waals surface area (Å²) < 4.78 is 5.74. The minimum atomic E-state index is -1.13. The van der Waals surface area contributed by atoms with Crippen LogP contribution in [0.2, 0.25) is 0 Å². The van der Waals surface area contributed by atoms with Crippen molar-refractivity contribution in [1.29, 1.82) is 5.26 Å². The normalized spacial score (nSPS) is 12.1. The smallest absolute Gasteiger partial charge is 0.264 e. The van der Waals surface area contributed by atoms with E-state index >= 15 is 0 Å². The summed E-state index contributed by atoms with van der Waals surface area (Å²) in [6.07, 6.45) is 0. The second-order valence-corrected chi connectivity index (χ2v) is 5.87. The molecular weight excluding hydrogens is 304 g/mol. The van der Waals surface area contributed by atoms with Crippen molar-refractivity contribution in [3.63, 3.8) is 0 Å². The standard InChI is InChI=1S/C19H20N2O3/c1-19(2,24-16-10-8-14(12-20)9-11-16)18(23)21-17(13-22)15-6-4-3-5-7-15/h3-11,17,22H,13H2,1-2H3,(H,21,23)/t17-/m1/s1. The third kappa shape index (κ3) is 4.34. The van der Waals surface area contributed by atoms with E-state index in [2.05, 4.69) is 5.32 Å². The number of nitrogens with zero attached hydrogens (tertiary/aromatic N) is 1. The van der Waals surface area contributed by atoms with Gasteiger partial charge in [0.2, 0.25) is 0 Å². The molecule has 0 aliphatic heterocycles. The number of amides is 1. The molecule has 0 saturated heterocycles. The Kier molecular flexibility index (Phi) is 5.56. The lowest BCUT2D eigenvalue weighted by atomic mass is 10.0. The second kappa shape index (κ2) is 7.62. The summed E-state index contributed by atoms with van der Waals surface area (Å²) in [5.74, 6) is 0.157. The van der Waals surface area contributed by atoms with Gasteiger partial charge in [0.1, 0.15) is 5.75 Å². The van der Waals surface area contributed by atoms with Crippen LogP contribution in [0.5, 0.6) is 5.75 Å². The van der Waals surface area contributed by atoms with E-state index in [0.717, 1.165) is 5.56 Å². The van der Waals surface area contributed by atoms with Crippen LogP contribution in [0.1, 0.15) is 31.0 Å². The molecule has 0 aliphatic rings. The van der Waals surface area contributed by atoms with Gasteiger partial charge < -0.3 is 15.2 Å². The molecule has 2 N–H and O–H groups in total. The molecule has 0 saturated carbocycles. The zero-order valence-corrected chi connectivity index (χ0v) is 13.7. The monoisotopic (exact) mass is 324 g/mol. The third-order valence-corrected chi connectivity index (χ3v) is 3.59. The van der Waals surface area contributed by atoms with Gasteiger partial charge in [0.05, 0.1) is 24.3 Å². The molecule has 2 aromatic carbocycles. The topological polar surface area (TPSA) is 82.3 Å². The van der Waals surface area contributed by atoms with Crippen LogP contribution in [-0.4, -0.2) is 23.2 Å². The molecule has 1 amide bonds. The highest BCUT2D eigenvalue weighted by Crippen LogP contribution is 2.21. The fourth-order valence-electron chi connectivity index (χ4n) is 2.19. The lowest BCUT2D eigenvalue weighted by molar-refractivity contribution is -0.135. The molecule has 0 radical (unpaired) electrons. The Labute approximate surface area is 141 Å². The number of hydrogen-bond donors (Lipinski definition) is 2. The van der Waals surface area contributed by atoms with Crippen LogP contribution in [-0.2, 0) is 4.79 Å². The molecule has 2 rings (SSSR count). The number of benzene rings is 2. The van der Waals surface area contributed by atoms with E-state index in [1.807, 2.05) is 36.4 Å². The number of nitriles is 1. The molecule has 5 nitrogen and oxygen atoms in total. The summed E-state index contributed by atoms with van der Waals surface area (Å²) in [7, 11) is 0. The van der Waals surface area contributed by atoms with Crippen LogP contribution < -0.4 is 10.1 Å². The Hall–Kier alpha value is -2.84. The van der Waals surface area contributed by atoms with Crippen LogP contribution >= 0.6 is 0 Å². The van der Waals surface area contributed by atoms with E-state index in [-0.39, 0.29) is 12.5 Å². The quantitative estimate of drug-likeness (QED) is 0.855. The first-order valence-corrected chi connectivity index (χ1v) is 7.62. The highest BCUT2D eigenvalue weighted by molar-refractivity contribution is 5.85. The minimum Gasteiger partial charge on any atom is -0.478 e. The van der Waals surface area contributed by atoms with E-state index in [1.54, 1.807) is 38.1 Å². The molecule has 0 aromatic heterocycles. The summed E-state index contributed by atoms with van der Waals surface area (Å²) in [6.45, 7) is 3.10. The van der Waals surface area contributed by atoms with E-state index in [0.29, 0.717) is 11.3 Å². The van der Waals surface area contributed by atoms with Gasteiger partial charge >= 0.3 is 0 Å². The van der Waals surface area contributed by atoms with Gasteiger partial charge in [-0.3, -0.25) is 4.79 Å². The number of nitrogens with one attached hydrogen (secondary N) is 1. The number of ether oxygens (including phenoxy) is 1. The molecule has 0 spiro atoms. The maximum absolute atomic E-state index is 12.5. The summed E-state index contributed by atoms with van der Waals surface area (Å²) >= 11 is 0. The number of carbonyl (C=O) groups excluding carboxylic acids is 1. The fourth-order valence-corrected chi connectivity index (χ4v) is 2.19. The maximum atomic E-state index is 12.5. The van der Waals surface area contributed by atoms with Crippen molar-refractivity contribution in [2.24, 2.45) is 0 Å². The van der Waals surface area contributed by atoms with Gasteiger partial charge in [0, 0.05) is 0 Å². The van der Waals surface area contributed by atoms with Crippen LogP contribution in [0.4, 0.5) is 0 Å². The van der Waals surface area contributed by atoms with Crippen molar-refractivity contribution in [2.75, 3.05) is 6.61 Å². The Morgan fingerprint density at radius 2 is 1.83 bits per heavy atom. The highest BCUT2D eigenvalue weighted by Gasteiger charge is 2.31. The van der Waals surface area contributed by atoms with Gasteiger partial charge in [-0.2, -0.15) is 5.26 Å². The average Bonchev–Trinajstić information content (AvgIpc) is 2.60. The first-order chi connectivity index (χ1) is 11.5. The number of carbonyl (C=O) groups is 1. The Balaban J connectivity index is 2.07. The minimum absolute atomic E-state index is 0.206. The summed E-state index contributed by atoms with van der Waals surface area (Å²) in [6, 6.07) is 17.3. The van der Waals surface area contributed by atoms with Crippen molar-refractivity contribution in [1.82, 2.24) is 5.32 Å². The third-order valence-electron chi connectivity index (χ3n) is 3.59. The lowest BCUT2D eigenvalue weighted by Crippen LogP contribution is -2.48. The molecule has 1 atom stereocenters. The highest BCUT2D eigenvalue weighted by atomic mass is 16.5. The Morgan fingerprint density at radius 3 is 2.38 bits per heavy atom. The maximum Gasteiger partial charge on any atom is 0.264 e. The SMILES string of the molecule is CC(C)(Oc1ccc(C#N)cc1)C(=O)N[C@H](CO)c1ccccc1.